The molecule has 32 heavy (non-hydrogen) atoms. The lowest BCUT2D eigenvalue weighted by Crippen LogP contribution is -2.20. The molecule has 166 valence electrons. The molecule has 0 amide bonds. The Hall–Kier alpha value is -3.79. The van der Waals surface area contributed by atoms with Crippen LogP contribution in [0.1, 0.15) is 42.9 Å². The van der Waals surface area contributed by atoms with Crippen LogP contribution in [0.15, 0.2) is 42.6 Å². The number of hydrogen-bond acceptors (Lipinski definition) is 7. The molecule has 0 fully saturated rings. The Balaban J connectivity index is 1.78. The molecule has 0 aliphatic heterocycles. The van der Waals surface area contributed by atoms with Crippen LogP contribution in [0.3, 0.4) is 0 Å². The molecule has 7 heteroatoms. The highest BCUT2D eigenvalue weighted by molar-refractivity contribution is 5.81. The molecule has 2 aromatic carbocycles. The first-order valence-electron chi connectivity index (χ1n) is 10.9. The van der Waals surface area contributed by atoms with Crippen molar-refractivity contribution in [3.63, 3.8) is 0 Å². The van der Waals surface area contributed by atoms with E-state index in [4.69, 9.17) is 11.0 Å². The van der Waals surface area contributed by atoms with E-state index in [1.807, 2.05) is 25.1 Å². The molecule has 0 bridgehead atoms. The Labute approximate surface area is 190 Å². The van der Waals surface area contributed by atoms with Gasteiger partial charge in [-0.3, -0.25) is 0 Å². The third-order valence-electron chi connectivity index (χ3n) is 5.49. The summed E-state index contributed by atoms with van der Waals surface area (Å²) in [4.78, 5) is 11.1. The molecular weight excluding hydrogens is 398 g/mol. The molecule has 4 N–H and O–H groups in total. The fourth-order valence-corrected chi connectivity index (χ4v) is 3.58. The van der Waals surface area contributed by atoms with Gasteiger partial charge in [-0.15, -0.1) is 0 Å². The summed E-state index contributed by atoms with van der Waals surface area (Å²) in [7, 11) is 2.10. The molecule has 0 aliphatic rings. The molecule has 7 nitrogen and oxygen atoms in total. The molecule has 0 spiro atoms. The van der Waals surface area contributed by atoms with Gasteiger partial charge in [0.2, 0.25) is 5.95 Å². The monoisotopic (exact) mass is 429 g/mol. The number of aryl methyl sites for hydroxylation is 1. The average Bonchev–Trinajstić information content (AvgIpc) is 2.80. The van der Waals surface area contributed by atoms with Crippen molar-refractivity contribution >= 4 is 34.5 Å². The van der Waals surface area contributed by atoms with Crippen LogP contribution in [0.5, 0.6) is 0 Å². The molecule has 1 heterocycles. The lowest BCUT2D eigenvalue weighted by Gasteiger charge is -2.25. The Morgan fingerprint density at radius 2 is 1.84 bits per heavy atom. The van der Waals surface area contributed by atoms with Crippen molar-refractivity contribution in [2.24, 2.45) is 0 Å². The van der Waals surface area contributed by atoms with Gasteiger partial charge in [-0.1, -0.05) is 19.8 Å². The number of nitriles is 1. The zero-order chi connectivity index (χ0) is 23.1. The summed E-state index contributed by atoms with van der Waals surface area (Å²) in [5, 5.41) is 15.5. The summed E-state index contributed by atoms with van der Waals surface area (Å²) >= 11 is 0. The highest BCUT2D eigenvalue weighted by atomic mass is 15.1. The standard InChI is InChI=1S/C25H31N7/c1-5-6-7-14-32(4)21-15-17(2)24(18(3)23(21)27)30-22-12-13-28-25(31-22)29-20-10-8-19(16-26)9-11-20/h8-13,15H,5-7,14,27H2,1-4H3,(H2,28,29,30,31). The smallest absolute Gasteiger partial charge is 0.229 e. The van der Waals surface area contributed by atoms with Crippen molar-refractivity contribution in [2.45, 2.75) is 40.0 Å². The number of nitrogens with two attached hydrogens (primary N) is 1. The minimum atomic E-state index is 0.468. The maximum absolute atomic E-state index is 8.94. The second-order valence-electron chi connectivity index (χ2n) is 7.96. The zero-order valence-corrected chi connectivity index (χ0v) is 19.2. The number of nitrogen functional groups attached to an aromatic ring is 1. The van der Waals surface area contributed by atoms with E-state index in [9.17, 15) is 0 Å². The summed E-state index contributed by atoms with van der Waals surface area (Å²) in [6, 6.07) is 13.2. The van der Waals surface area contributed by atoms with E-state index < -0.39 is 0 Å². The minimum absolute atomic E-state index is 0.468. The maximum Gasteiger partial charge on any atom is 0.229 e. The number of benzene rings is 2. The summed E-state index contributed by atoms with van der Waals surface area (Å²) in [6.45, 7) is 7.31. The van der Waals surface area contributed by atoms with Crippen LogP contribution in [-0.4, -0.2) is 23.6 Å². The molecule has 0 radical (unpaired) electrons. The van der Waals surface area contributed by atoms with Crippen LogP contribution in [0.2, 0.25) is 0 Å². The van der Waals surface area contributed by atoms with Gasteiger partial charge >= 0.3 is 0 Å². The number of nitrogens with zero attached hydrogens (tertiary/aromatic N) is 4. The van der Waals surface area contributed by atoms with E-state index in [1.165, 1.54) is 12.8 Å². The van der Waals surface area contributed by atoms with Gasteiger partial charge < -0.3 is 21.3 Å². The molecule has 3 aromatic rings. The number of nitrogens with one attached hydrogen (secondary N) is 2. The predicted octanol–water partition coefficient (Wildman–Crippen LogP) is 5.66. The average molecular weight is 430 g/mol. The molecule has 1 aromatic heterocycles. The summed E-state index contributed by atoms with van der Waals surface area (Å²) in [5.41, 5.74) is 12.8. The van der Waals surface area contributed by atoms with Crippen LogP contribution in [0.25, 0.3) is 0 Å². The van der Waals surface area contributed by atoms with E-state index in [0.29, 0.717) is 17.3 Å². The van der Waals surface area contributed by atoms with Crippen LogP contribution in [0.4, 0.5) is 34.5 Å². The lowest BCUT2D eigenvalue weighted by atomic mass is 10.0. The van der Waals surface area contributed by atoms with Crippen molar-refractivity contribution in [3.05, 3.63) is 59.3 Å². The first-order chi connectivity index (χ1) is 15.4. The fraction of sp³-hybridized carbons (Fsp3) is 0.320. The summed E-state index contributed by atoms with van der Waals surface area (Å²) < 4.78 is 0. The number of unbranched alkanes of at least 4 members (excludes halogenated alkanes) is 2. The lowest BCUT2D eigenvalue weighted by molar-refractivity contribution is 0.705. The molecule has 0 saturated carbocycles. The summed E-state index contributed by atoms with van der Waals surface area (Å²) in [6.07, 6.45) is 5.27. The van der Waals surface area contributed by atoms with E-state index in [-0.39, 0.29) is 0 Å². The van der Waals surface area contributed by atoms with Gasteiger partial charge in [0.25, 0.3) is 0 Å². The largest absolute Gasteiger partial charge is 0.397 e. The predicted molar refractivity (Wildman–Crippen MR) is 133 cm³/mol. The highest BCUT2D eigenvalue weighted by Gasteiger charge is 2.15. The van der Waals surface area contributed by atoms with Crippen molar-refractivity contribution in [2.75, 3.05) is 34.9 Å². The highest BCUT2D eigenvalue weighted by Crippen LogP contribution is 2.36. The van der Waals surface area contributed by atoms with Crippen molar-refractivity contribution in [3.8, 4) is 6.07 Å². The van der Waals surface area contributed by atoms with Gasteiger partial charge in [0.05, 0.1) is 23.0 Å². The molecule has 3 rings (SSSR count). The molecular formula is C25H31N7. The normalized spacial score (nSPS) is 10.5. The third kappa shape index (κ3) is 5.46. The molecule has 0 aliphatic carbocycles. The summed E-state index contributed by atoms with van der Waals surface area (Å²) in [5.74, 6) is 1.14. The third-order valence-corrected chi connectivity index (χ3v) is 5.49. The number of hydrogen-bond donors (Lipinski definition) is 3. The maximum atomic E-state index is 8.94. The van der Waals surface area contributed by atoms with Crippen molar-refractivity contribution in [1.29, 1.82) is 5.26 Å². The Morgan fingerprint density at radius 1 is 1.09 bits per heavy atom. The fourth-order valence-electron chi connectivity index (χ4n) is 3.58. The van der Waals surface area contributed by atoms with Gasteiger partial charge in [0, 0.05) is 31.2 Å². The van der Waals surface area contributed by atoms with Gasteiger partial charge in [0.1, 0.15) is 5.82 Å². The van der Waals surface area contributed by atoms with Crippen LogP contribution < -0.4 is 21.3 Å². The van der Waals surface area contributed by atoms with Gasteiger partial charge in [-0.2, -0.15) is 10.2 Å². The topological polar surface area (TPSA) is 103 Å². The zero-order valence-electron chi connectivity index (χ0n) is 19.2. The molecule has 0 unspecified atom stereocenters. The van der Waals surface area contributed by atoms with Crippen molar-refractivity contribution < 1.29 is 0 Å². The second kappa shape index (κ2) is 10.5. The SMILES string of the molecule is CCCCCN(C)c1cc(C)c(Nc2ccnc(Nc3ccc(C#N)cc3)n2)c(C)c1N. The van der Waals surface area contributed by atoms with Crippen molar-refractivity contribution in [1.82, 2.24) is 9.97 Å². The van der Waals surface area contributed by atoms with Gasteiger partial charge in [0.15, 0.2) is 0 Å². The Morgan fingerprint density at radius 3 is 2.53 bits per heavy atom. The Bertz CT molecular complexity index is 1100. The number of aromatic nitrogens is 2. The van der Waals surface area contributed by atoms with E-state index in [2.05, 4.69) is 58.5 Å². The minimum Gasteiger partial charge on any atom is -0.397 e. The second-order valence-corrected chi connectivity index (χ2v) is 7.96. The van der Waals surface area contributed by atoms with Gasteiger partial charge in [-0.05, 0) is 67.8 Å². The Kier molecular flexibility index (Phi) is 7.50. The molecule has 0 atom stereocenters. The number of anilines is 6. The van der Waals surface area contributed by atoms with Crippen LogP contribution >= 0.6 is 0 Å². The first-order valence-corrected chi connectivity index (χ1v) is 10.9. The quantitative estimate of drug-likeness (QED) is 0.298. The van der Waals surface area contributed by atoms with Gasteiger partial charge in [-0.25, -0.2) is 4.98 Å². The van der Waals surface area contributed by atoms with E-state index in [0.717, 1.165) is 46.8 Å². The van der Waals surface area contributed by atoms with Crippen LogP contribution in [-0.2, 0) is 0 Å². The first kappa shape index (κ1) is 22.9. The van der Waals surface area contributed by atoms with E-state index >= 15 is 0 Å². The molecule has 0 saturated heterocycles. The number of rotatable bonds is 9. The van der Waals surface area contributed by atoms with E-state index in [1.54, 1.807) is 18.3 Å². The van der Waals surface area contributed by atoms with Crippen LogP contribution in [0, 0.1) is 25.2 Å².